The van der Waals surface area contributed by atoms with Crippen molar-refractivity contribution in [3.05, 3.63) is 23.8 Å². The van der Waals surface area contributed by atoms with Crippen LogP contribution in [0.15, 0.2) is 23.1 Å². The summed E-state index contributed by atoms with van der Waals surface area (Å²) >= 11 is 0. The molecule has 0 aliphatic carbocycles. The van der Waals surface area contributed by atoms with E-state index in [-0.39, 0.29) is 10.6 Å². The third-order valence-electron chi connectivity index (χ3n) is 1.51. The molecule has 0 unspecified atom stereocenters. The lowest BCUT2D eigenvalue weighted by Crippen LogP contribution is -1.97. The van der Waals surface area contributed by atoms with E-state index in [0.717, 1.165) is 11.8 Å². The Labute approximate surface area is 71.6 Å². The zero-order valence-corrected chi connectivity index (χ0v) is 7.72. The van der Waals surface area contributed by atoms with Crippen LogP contribution in [0.1, 0.15) is 5.56 Å². The molecule has 0 heterocycles. The molecule has 66 valence electrons. The van der Waals surface area contributed by atoms with E-state index < -0.39 is 9.84 Å². The molecule has 12 heavy (non-hydrogen) atoms. The first-order valence-corrected chi connectivity index (χ1v) is 5.30. The lowest BCUT2D eigenvalue weighted by Gasteiger charge is -2.02. The molecular weight excluding hydrogens is 176 g/mol. The maximum atomic E-state index is 11.0. The second kappa shape index (κ2) is 2.79. The Kier molecular flexibility index (Phi) is 2.10. The first kappa shape index (κ1) is 9.06. The molecular formula is C8H10O3S. The minimum atomic E-state index is -3.31. The molecule has 0 bridgehead atoms. The number of sulfone groups is 1. The van der Waals surface area contributed by atoms with Crippen LogP contribution in [0.4, 0.5) is 0 Å². The van der Waals surface area contributed by atoms with E-state index in [2.05, 4.69) is 0 Å². The van der Waals surface area contributed by atoms with Gasteiger partial charge in [0.05, 0.1) is 0 Å². The summed E-state index contributed by atoms with van der Waals surface area (Å²) in [7, 11) is -3.31. The molecule has 1 rings (SSSR count). The number of hydrogen-bond acceptors (Lipinski definition) is 3. The van der Waals surface area contributed by atoms with Gasteiger partial charge in [-0.3, -0.25) is 0 Å². The number of benzene rings is 1. The van der Waals surface area contributed by atoms with Gasteiger partial charge in [-0.15, -0.1) is 0 Å². The van der Waals surface area contributed by atoms with Gasteiger partial charge in [-0.25, -0.2) is 8.42 Å². The average Bonchev–Trinajstić information content (AvgIpc) is 1.92. The van der Waals surface area contributed by atoms with E-state index in [1.807, 2.05) is 0 Å². The standard InChI is InChI=1S/C8H10O3S/c1-6-3-4-7(9)8(5-6)12(2,10)11/h3-5,9H,1-2H3. The SMILES string of the molecule is Cc1ccc(O)c(S(C)(=O)=O)c1. The molecule has 0 atom stereocenters. The number of aryl methyl sites for hydroxylation is 1. The summed E-state index contributed by atoms with van der Waals surface area (Å²) in [6, 6.07) is 4.49. The van der Waals surface area contributed by atoms with Gasteiger partial charge in [0.25, 0.3) is 0 Å². The van der Waals surface area contributed by atoms with Gasteiger partial charge >= 0.3 is 0 Å². The number of phenolic OH excluding ortho intramolecular Hbond substituents is 1. The van der Waals surface area contributed by atoms with Gasteiger partial charge in [0.2, 0.25) is 0 Å². The predicted molar refractivity (Wildman–Crippen MR) is 46.0 cm³/mol. The van der Waals surface area contributed by atoms with Crippen LogP contribution in [-0.4, -0.2) is 19.8 Å². The third kappa shape index (κ3) is 1.76. The number of phenols is 1. The van der Waals surface area contributed by atoms with Crippen molar-refractivity contribution in [1.29, 1.82) is 0 Å². The third-order valence-corrected chi connectivity index (χ3v) is 2.64. The fourth-order valence-electron chi connectivity index (χ4n) is 0.918. The highest BCUT2D eigenvalue weighted by Gasteiger charge is 2.11. The van der Waals surface area contributed by atoms with E-state index in [9.17, 15) is 13.5 Å². The zero-order chi connectivity index (χ0) is 9.35. The molecule has 1 aromatic carbocycles. The van der Waals surface area contributed by atoms with Gasteiger partial charge in [-0.2, -0.15) is 0 Å². The minimum Gasteiger partial charge on any atom is -0.507 e. The fraction of sp³-hybridized carbons (Fsp3) is 0.250. The summed E-state index contributed by atoms with van der Waals surface area (Å²) < 4.78 is 22.1. The zero-order valence-electron chi connectivity index (χ0n) is 6.90. The maximum Gasteiger partial charge on any atom is 0.179 e. The highest BCUT2D eigenvalue weighted by atomic mass is 32.2. The molecule has 1 N–H and O–H groups in total. The fourth-order valence-corrected chi connectivity index (χ4v) is 1.77. The summed E-state index contributed by atoms with van der Waals surface area (Å²) in [5.74, 6) is -0.192. The Morgan fingerprint density at radius 2 is 1.92 bits per heavy atom. The second-order valence-electron chi connectivity index (χ2n) is 2.74. The van der Waals surface area contributed by atoms with E-state index in [0.29, 0.717) is 0 Å². The summed E-state index contributed by atoms with van der Waals surface area (Å²) in [6.45, 7) is 1.77. The van der Waals surface area contributed by atoms with Gasteiger partial charge in [-0.05, 0) is 24.6 Å². The van der Waals surface area contributed by atoms with Crippen LogP contribution >= 0.6 is 0 Å². The Morgan fingerprint density at radius 3 is 2.33 bits per heavy atom. The smallest absolute Gasteiger partial charge is 0.179 e. The van der Waals surface area contributed by atoms with Gasteiger partial charge in [0.1, 0.15) is 10.6 Å². The van der Waals surface area contributed by atoms with Crippen molar-refractivity contribution in [3.63, 3.8) is 0 Å². The first-order chi connectivity index (χ1) is 5.41. The molecule has 0 aromatic heterocycles. The lowest BCUT2D eigenvalue weighted by molar-refractivity contribution is 0.459. The van der Waals surface area contributed by atoms with Crippen molar-refractivity contribution in [2.24, 2.45) is 0 Å². The van der Waals surface area contributed by atoms with Crippen LogP contribution in [0.2, 0.25) is 0 Å². The molecule has 3 nitrogen and oxygen atoms in total. The molecule has 0 aliphatic heterocycles. The van der Waals surface area contributed by atoms with Crippen LogP contribution in [0.3, 0.4) is 0 Å². The Bertz CT molecular complexity index is 393. The topological polar surface area (TPSA) is 54.4 Å². The number of hydrogen-bond donors (Lipinski definition) is 1. The van der Waals surface area contributed by atoms with Crippen LogP contribution in [0.5, 0.6) is 5.75 Å². The highest BCUT2D eigenvalue weighted by molar-refractivity contribution is 7.90. The molecule has 0 saturated heterocycles. The highest BCUT2D eigenvalue weighted by Crippen LogP contribution is 2.22. The van der Waals surface area contributed by atoms with Crippen molar-refractivity contribution in [3.8, 4) is 5.75 Å². The van der Waals surface area contributed by atoms with Gasteiger partial charge < -0.3 is 5.11 Å². The molecule has 0 radical (unpaired) electrons. The summed E-state index contributed by atoms with van der Waals surface area (Å²) in [6.07, 6.45) is 1.07. The first-order valence-electron chi connectivity index (χ1n) is 3.41. The van der Waals surface area contributed by atoms with E-state index in [4.69, 9.17) is 0 Å². The lowest BCUT2D eigenvalue weighted by atomic mass is 10.2. The van der Waals surface area contributed by atoms with Crippen LogP contribution in [-0.2, 0) is 9.84 Å². The van der Waals surface area contributed by atoms with Crippen LogP contribution in [0, 0.1) is 6.92 Å². The monoisotopic (exact) mass is 186 g/mol. The Hall–Kier alpha value is -1.03. The van der Waals surface area contributed by atoms with Crippen molar-refractivity contribution in [2.45, 2.75) is 11.8 Å². The van der Waals surface area contributed by atoms with Crippen molar-refractivity contribution in [1.82, 2.24) is 0 Å². The Balaban J connectivity index is 3.43. The van der Waals surface area contributed by atoms with E-state index in [1.54, 1.807) is 13.0 Å². The average molecular weight is 186 g/mol. The van der Waals surface area contributed by atoms with Crippen molar-refractivity contribution >= 4 is 9.84 Å². The molecule has 0 saturated carbocycles. The molecule has 0 fully saturated rings. The molecule has 0 amide bonds. The maximum absolute atomic E-state index is 11.0. The van der Waals surface area contributed by atoms with Crippen molar-refractivity contribution < 1.29 is 13.5 Å². The largest absolute Gasteiger partial charge is 0.507 e. The summed E-state index contributed by atoms with van der Waals surface area (Å²) in [5.41, 5.74) is 0.813. The van der Waals surface area contributed by atoms with E-state index in [1.165, 1.54) is 12.1 Å². The molecule has 1 aromatic rings. The van der Waals surface area contributed by atoms with Gasteiger partial charge in [-0.1, -0.05) is 6.07 Å². The number of aromatic hydroxyl groups is 1. The number of rotatable bonds is 1. The normalized spacial score (nSPS) is 11.5. The summed E-state index contributed by atoms with van der Waals surface area (Å²) in [5, 5.41) is 9.19. The quantitative estimate of drug-likeness (QED) is 0.714. The predicted octanol–water partition coefficient (Wildman–Crippen LogP) is 1.10. The van der Waals surface area contributed by atoms with Gasteiger partial charge in [0.15, 0.2) is 9.84 Å². The molecule has 0 aliphatic rings. The van der Waals surface area contributed by atoms with Gasteiger partial charge in [0, 0.05) is 6.26 Å². The van der Waals surface area contributed by atoms with Crippen LogP contribution < -0.4 is 0 Å². The molecule has 4 heteroatoms. The summed E-state index contributed by atoms with van der Waals surface area (Å²) in [4.78, 5) is -0.0116. The Morgan fingerprint density at radius 1 is 1.33 bits per heavy atom. The minimum absolute atomic E-state index is 0.0116. The van der Waals surface area contributed by atoms with Crippen molar-refractivity contribution in [2.75, 3.05) is 6.26 Å². The molecule has 0 spiro atoms. The van der Waals surface area contributed by atoms with E-state index >= 15 is 0 Å². The second-order valence-corrected chi connectivity index (χ2v) is 4.73. The van der Waals surface area contributed by atoms with Crippen LogP contribution in [0.25, 0.3) is 0 Å².